The first-order valence-corrected chi connectivity index (χ1v) is 4.09. The number of anilines is 1. The van der Waals surface area contributed by atoms with Crippen molar-refractivity contribution in [3.8, 4) is 5.88 Å². The van der Waals surface area contributed by atoms with Crippen LogP contribution in [0.15, 0.2) is 6.33 Å². The second-order valence-electron chi connectivity index (χ2n) is 2.57. The van der Waals surface area contributed by atoms with E-state index in [1.54, 1.807) is 7.11 Å². The van der Waals surface area contributed by atoms with Crippen molar-refractivity contribution in [3.63, 3.8) is 0 Å². The Hall–Kier alpha value is -1.36. The lowest BCUT2D eigenvalue weighted by Crippen LogP contribution is -2.15. The molecule has 0 spiro atoms. The van der Waals surface area contributed by atoms with Crippen LogP contribution in [0.1, 0.15) is 5.56 Å². The maximum atomic E-state index is 5.36. The Bertz CT molecular complexity index is 277. The van der Waals surface area contributed by atoms with Gasteiger partial charge in [-0.05, 0) is 6.92 Å². The van der Waals surface area contributed by atoms with Gasteiger partial charge >= 0.3 is 0 Å². The summed E-state index contributed by atoms with van der Waals surface area (Å²) in [6.07, 6.45) is 1.46. The van der Waals surface area contributed by atoms with Crippen molar-refractivity contribution < 1.29 is 4.74 Å². The van der Waals surface area contributed by atoms with Gasteiger partial charge in [0.25, 0.3) is 0 Å². The van der Waals surface area contributed by atoms with Crippen molar-refractivity contribution in [3.05, 3.63) is 11.9 Å². The molecule has 5 heteroatoms. The van der Waals surface area contributed by atoms with Crippen molar-refractivity contribution in [1.82, 2.24) is 9.97 Å². The summed E-state index contributed by atoms with van der Waals surface area (Å²) in [5.74, 6) is 1.37. The number of methoxy groups -OCH3 is 1. The molecule has 0 unspecified atom stereocenters. The highest BCUT2D eigenvalue weighted by Gasteiger charge is 2.05. The Kier molecular flexibility index (Phi) is 3.45. The predicted molar refractivity (Wildman–Crippen MR) is 50.9 cm³/mol. The van der Waals surface area contributed by atoms with Gasteiger partial charge in [0.05, 0.1) is 12.7 Å². The molecule has 13 heavy (non-hydrogen) atoms. The lowest BCUT2D eigenvalue weighted by Gasteiger charge is -2.08. The number of nitrogens with one attached hydrogen (secondary N) is 1. The number of rotatable bonds is 4. The number of nitrogens with zero attached hydrogens (tertiary/aromatic N) is 2. The van der Waals surface area contributed by atoms with E-state index in [1.807, 2.05) is 6.92 Å². The number of hydrogen-bond acceptors (Lipinski definition) is 5. The fourth-order valence-electron chi connectivity index (χ4n) is 1.01. The Balaban J connectivity index is 2.81. The Morgan fingerprint density at radius 2 is 2.31 bits per heavy atom. The summed E-state index contributed by atoms with van der Waals surface area (Å²) >= 11 is 0. The molecule has 3 N–H and O–H groups in total. The molecule has 0 aliphatic carbocycles. The van der Waals surface area contributed by atoms with Gasteiger partial charge in [0.1, 0.15) is 12.1 Å². The van der Waals surface area contributed by atoms with Crippen LogP contribution < -0.4 is 15.8 Å². The molecular weight excluding hydrogens is 168 g/mol. The molecule has 72 valence electrons. The van der Waals surface area contributed by atoms with E-state index in [0.717, 1.165) is 11.4 Å². The third-order valence-corrected chi connectivity index (χ3v) is 1.67. The minimum absolute atomic E-state index is 0.575. The molecule has 0 saturated carbocycles. The Labute approximate surface area is 77.3 Å². The quantitative estimate of drug-likeness (QED) is 0.694. The van der Waals surface area contributed by atoms with Gasteiger partial charge in [0.15, 0.2) is 0 Å². The van der Waals surface area contributed by atoms with Crippen molar-refractivity contribution in [2.24, 2.45) is 5.73 Å². The summed E-state index contributed by atoms with van der Waals surface area (Å²) in [7, 11) is 1.59. The highest BCUT2D eigenvalue weighted by atomic mass is 16.5. The maximum absolute atomic E-state index is 5.36. The largest absolute Gasteiger partial charge is 0.481 e. The molecule has 1 aromatic rings. The summed E-state index contributed by atoms with van der Waals surface area (Å²) in [6, 6.07) is 0. The van der Waals surface area contributed by atoms with Gasteiger partial charge in [0, 0.05) is 13.1 Å². The molecule has 1 aromatic heterocycles. The first kappa shape index (κ1) is 9.73. The van der Waals surface area contributed by atoms with Crippen LogP contribution in [0.25, 0.3) is 0 Å². The summed E-state index contributed by atoms with van der Waals surface area (Å²) in [4.78, 5) is 8.03. The molecule has 0 aromatic carbocycles. The monoisotopic (exact) mass is 182 g/mol. The molecule has 1 heterocycles. The lowest BCUT2D eigenvalue weighted by molar-refractivity contribution is 0.393. The van der Waals surface area contributed by atoms with E-state index in [2.05, 4.69) is 15.3 Å². The minimum atomic E-state index is 0.575. The van der Waals surface area contributed by atoms with Crippen LogP contribution in [-0.2, 0) is 0 Å². The molecule has 0 radical (unpaired) electrons. The van der Waals surface area contributed by atoms with Crippen LogP contribution in [0, 0.1) is 6.92 Å². The Morgan fingerprint density at radius 1 is 1.54 bits per heavy atom. The standard InChI is InChI=1S/C8H14N4O/c1-6-7(10-4-3-9)11-5-12-8(6)13-2/h5H,3-4,9H2,1-2H3,(H,10,11,12). The maximum Gasteiger partial charge on any atom is 0.221 e. The van der Waals surface area contributed by atoms with E-state index in [4.69, 9.17) is 10.5 Å². The second-order valence-corrected chi connectivity index (χ2v) is 2.57. The van der Waals surface area contributed by atoms with Gasteiger partial charge in [-0.3, -0.25) is 0 Å². The van der Waals surface area contributed by atoms with Gasteiger partial charge in [-0.2, -0.15) is 0 Å². The zero-order valence-corrected chi connectivity index (χ0v) is 7.87. The van der Waals surface area contributed by atoms with Crippen LogP contribution in [0.5, 0.6) is 5.88 Å². The zero-order chi connectivity index (χ0) is 9.68. The number of hydrogen-bond donors (Lipinski definition) is 2. The van der Waals surface area contributed by atoms with Crippen molar-refractivity contribution in [1.29, 1.82) is 0 Å². The smallest absolute Gasteiger partial charge is 0.221 e. The summed E-state index contributed by atoms with van der Waals surface area (Å²) in [5.41, 5.74) is 6.26. The van der Waals surface area contributed by atoms with E-state index < -0.39 is 0 Å². The van der Waals surface area contributed by atoms with Crippen LogP contribution in [-0.4, -0.2) is 30.2 Å². The van der Waals surface area contributed by atoms with Crippen LogP contribution in [0.4, 0.5) is 5.82 Å². The topological polar surface area (TPSA) is 73.1 Å². The molecule has 0 fully saturated rings. The predicted octanol–water partition coefficient (Wildman–Crippen LogP) is 0.164. The van der Waals surface area contributed by atoms with Gasteiger partial charge < -0.3 is 15.8 Å². The van der Waals surface area contributed by atoms with E-state index in [0.29, 0.717) is 19.0 Å². The van der Waals surface area contributed by atoms with Gasteiger partial charge in [-0.1, -0.05) is 0 Å². The fraction of sp³-hybridized carbons (Fsp3) is 0.500. The summed E-state index contributed by atoms with van der Waals surface area (Å²) < 4.78 is 5.04. The van der Waals surface area contributed by atoms with E-state index in [-0.39, 0.29) is 0 Å². The first-order chi connectivity index (χ1) is 6.29. The fourth-order valence-corrected chi connectivity index (χ4v) is 1.01. The van der Waals surface area contributed by atoms with Crippen LogP contribution >= 0.6 is 0 Å². The van der Waals surface area contributed by atoms with E-state index in [9.17, 15) is 0 Å². The van der Waals surface area contributed by atoms with Gasteiger partial charge in [0.2, 0.25) is 5.88 Å². The van der Waals surface area contributed by atoms with Crippen molar-refractivity contribution in [2.75, 3.05) is 25.5 Å². The first-order valence-electron chi connectivity index (χ1n) is 4.09. The summed E-state index contributed by atoms with van der Waals surface area (Å²) in [6.45, 7) is 3.17. The third kappa shape index (κ3) is 2.29. The molecule has 0 saturated heterocycles. The molecule has 0 aliphatic heterocycles. The molecular formula is C8H14N4O. The average Bonchev–Trinajstić information content (AvgIpc) is 2.16. The summed E-state index contributed by atoms with van der Waals surface area (Å²) in [5, 5.41) is 3.08. The normalized spacial score (nSPS) is 9.77. The zero-order valence-electron chi connectivity index (χ0n) is 7.87. The number of ether oxygens (including phenoxy) is 1. The van der Waals surface area contributed by atoms with Crippen molar-refractivity contribution in [2.45, 2.75) is 6.92 Å². The SMILES string of the molecule is COc1ncnc(NCCN)c1C. The Morgan fingerprint density at radius 3 is 2.92 bits per heavy atom. The number of aromatic nitrogens is 2. The highest BCUT2D eigenvalue weighted by Crippen LogP contribution is 2.18. The average molecular weight is 182 g/mol. The van der Waals surface area contributed by atoms with E-state index in [1.165, 1.54) is 6.33 Å². The van der Waals surface area contributed by atoms with Gasteiger partial charge in [-0.25, -0.2) is 9.97 Å². The molecule has 5 nitrogen and oxygen atoms in total. The molecule has 0 atom stereocenters. The number of nitrogens with two attached hydrogens (primary N) is 1. The molecule has 0 bridgehead atoms. The lowest BCUT2D eigenvalue weighted by atomic mass is 10.3. The second kappa shape index (κ2) is 4.61. The highest BCUT2D eigenvalue weighted by molar-refractivity contribution is 5.47. The molecule has 0 amide bonds. The van der Waals surface area contributed by atoms with Gasteiger partial charge in [-0.15, -0.1) is 0 Å². The molecule has 1 rings (SSSR count). The molecule has 0 aliphatic rings. The van der Waals surface area contributed by atoms with Crippen LogP contribution in [0.2, 0.25) is 0 Å². The van der Waals surface area contributed by atoms with Crippen molar-refractivity contribution >= 4 is 5.82 Å². The van der Waals surface area contributed by atoms with E-state index >= 15 is 0 Å². The third-order valence-electron chi connectivity index (χ3n) is 1.67. The minimum Gasteiger partial charge on any atom is -0.481 e. The van der Waals surface area contributed by atoms with Crippen LogP contribution in [0.3, 0.4) is 0 Å².